The first-order chi connectivity index (χ1) is 18.4. The van der Waals surface area contributed by atoms with Crippen LogP contribution < -0.4 is 30.6 Å². The fourth-order valence-electron chi connectivity index (χ4n) is 3.49. The minimum Gasteiger partial charge on any atom is -0.493 e. The third-order valence-corrected chi connectivity index (χ3v) is 5.99. The minimum atomic E-state index is -3.63. The normalized spacial score (nSPS) is 10.8. The molecule has 0 atom stereocenters. The third kappa shape index (κ3) is 8.25. The van der Waals surface area contributed by atoms with E-state index in [9.17, 15) is 18.0 Å². The summed E-state index contributed by atoms with van der Waals surface area (Å²) in [7, 11) is -2.30. The summed E-state index contributed by atoms with van der Waals surface area (Å²) in [4.78, 5) is 24.2. The van der Waals surface area contributed by atoms with Gasteiger partial charge in [0.1, 0.15) is 5.84 Å². The molecule has 0 aliphatic carbocycles. The molecule has 206 valence electrons. The number of hydrogen-bond donors (Lipinski definition) is 6. The molecule has 0 spiro atoms. The van der Waals surface area contributed by atoms with Crippen molar-refractivity contribution in [3.05, 3.63) is 76.3 Å². The van der Waals surface area contributed by atoms with Crippen molar-refractivity contribution < 1.29 is 32.6 Å². The molecule has 0 bridgehead atoms. The molecule has 0 aliphatic heterocycles. The van der Waals surface area contributed by atoms with Gasteiger partial charge in [-0.15, -0.1) is 0 Å². The molecular weight excluding hydrogens is 550 g/mol. The lowest BCUT2D eigenvalue weighted by Crippen LogP contribution is -2.16. The molecule has 39 heavy (non-hydrogen) atoms. The zero-order chi connectivity index (χ0) is 28.7. The predicted octanol–water partition coefficient (Wildman–Crippen LogP) is 3.33. The van der Waals surface area contributed by atoms with E-state index in [1.807, 2.05) is 0 Å². The number of aliphatic carboxylic acids is 1. The standard InChI is InChI=1S/C25H26ClN5O7S/c1-37-21-11-18(31-39(2,35)36)9-15(23(21)38-13-22(32)33)12-29-20-8-5-16(26)10-19(20)25(34)30-17-6-3-14(4-7-17)24(27)28/h3-11,29,31H,12-13H2,1-2H3,(H3,27,28)(H,30,34)(H,32,33). The van der Waals surface area contributed by atoms with E-state index in [1.165, 1.54) is 25.3 Å². The zero-order valence-electron chi connectivity index (χ0n) is 20.9. The molecule has 3 aromatic carbocycles. The second-order valence-corrected chi connectivity index (χ2v) is 10.4. The van der Waals surface area contributed by atoms with E-state index in [0.717, 1.165) is 6.26 Å². The number of amidine groups is 1. The maximum atomic E-state index is 13.1. The number of carbonyl (C=O) groups is 2. The summed E-state index contributed by atoms with van der Waals surface area (Å²) in [6, 6.07) is 13.8. The van der Waals surface area contributed by atoms with Gasteiger partial charge in [-0.25, -0.2) is 13.2 Å². The van der Waals surface area contributed by atoms with Gasteiger partial charge >= 0.3 is 5.97 Å². The smallest absolute Gasteiger partial charge is 0.341 e. The molecule has 0 fully saturated rings. The lowest BCUT2D eigenvalue weighted by atomic mass is 10.1. The number of rotatable bonds is 12. The number of nitrogen functional groups attached to an aromatic ring is 1. The molecule has 0 aromatic heterocycles. The minimum absolute atomic E-state index is 0.0141. The van der Waals surface area contributed by atoms with Crippen molar-refractivity contribution in [3.8, 4) is 11.5 Å². The Morgan fingerprint density at radius 2 is 1.77 bits per heavy atom. The predicted molar refractivity (Wildman–Crippen MR) is 149 cm³/mol. The number of nitrogens with two attached hydrogens (primary N) is 1. The Morgan fingerprint density at radius 3 is 2.36 bits per heavy atom. The number of carboxylic acid groups (broad SMARTS) is 1. The number of halogens is 1. The van der Waals surface area contributed by atoms with Gasteiger partial charge in [0.25, 0.3) is 5.91 Å². The van der Waals surface area contributed by atoms with Crippen LogP contribution in [0.5, 0.6) is 11.5 Å². The van der Waals surface area contributed by atoms with Crippen LogP contribution in [-0.4, -0.2) is 51.2 Å². The van der Waals surface area contributed by atoms with E-state index in [0.29, 0.717) is 27.5 Å². The van der Waals surface area contributed by atoms with Gasteiger partial charge in [0.05, 0.1) is 24.6 Å². The molecule has 0 aliphatic rings. The number of sulfonamides is 1. The molecule has 0 unspecified atom stereocenters. The van der Waals surface area contributed by atoms with Crippen LogP contribution in [-0.2, 0) is 21.4 Å². The van der Waals surface area contributed by atoms with E-state index in [-0.39, 0.29) is 35.1 Å². The number of benzene rings is 3. The second kappa shape index (κ2) is 12.4. The fourth-order valence-corrected chi connectivity index (χ4v) is 4.21. The van der Waals surface area contributed by atoms with Crippen LogP contribution in [0.1, 0.15) is 21.5 Å². The number of carbonyl (C=O) groups excluding carboxylic acids is 1. The first-order valence-electron chi connectivity index (χ1n) is 11.2. The number of ether oxygens (including phenoxy) is 2. The molecule has 1 amide bonds. The van der Waals surface area contributed by atoms with Crippen LogP contribution in [0.15, 0.2) is 54.6 Å². The lowest BCUT2D eigenvalue weighted by Gasteiger charge is -2.18. The Bertz CT molecular complexity index is 1510. The molecule has 3 aromatic rings. The first kappa shape index (κ1) is 29.1. The van der Waals surface area contributed by atoms with E-state index < -0.39 is 28.5 Å². The number of anilines is 3. The zero-order valence-corrected chi connectivity index (χ0v) is 22.4. The molecule has 0 saturated heterocycles. The Kier molecular flexibility index (Phi) is 9.22. The number of amides is 1. The summed E-state index contributed by atoms with van der Waals surface area (Å²) in [6.45, 7) is -0.682. The van der Waals surface area contributed by atoms with Crippen LogP contribution in [0.3, 0.4) is 0 Å². The first-order valence-corrected chi connectivity index (χ1v) is 13.5. The highest BCUT2D eigenvalue weighted by molar-refractivity contribution is 7.92. The van der Waals surface area contributed by atoms with Crippen molar-refractivity contribution >= 4 is 56.4 Å². The SMILES string of the molecule is COc1cc(NS(C)(=O)=O)cc(CNc2ccc(Cl)cc2C(=O)Nc2ccc(C(=N)N)cc2)c1OCC(=O)O. The van der Waals surface area contributed by atoms with Crippen molar-refractivity contribution in [1.29, 1.82) is 5.41 Å². The summed E-state index contributed by atoms with van der Waals surface area (Å²) in [6.07, 6.45) is 0.985. The van der Waals surface area contributed by atoms with Crippen LogP contribution in [0, 0.1) is 5.41 Å². The molecular formula is C25H26ClN5O7S. The quantitative estimate of drug-likeness (QED) is 0.139. The average Bonchev–Trinajstić information content (AvgIpc) is 2.86. The Morgan fingerprint density at radius 1 is 1.08 bits per heavy atom. The largest absolute Gasteiger partial charge is 0.493 e. The van der Waals surface area contributed by atoms with Gasteiger partial charge in [-0.05, 0) is 48.5 Å². The van der Waals surface area contributed by atoms with Crippen LogP contribution in [0.2, 0.25) is 5.02 Å². The van der Waals surface area contributed by atoms with Crippen LogP contribution in [0.25, 0.3) is 0 Å². The van der Waals surface area contributed by atoms with E-state index in [1.54, 1.807) is 36.4 Å². The molecule has 14 heteroatoms. The van der Waals surface area contributed by atoms with Crippen molar-refractivity contribution in [2.75, 3.05) is 35.3 Å². The molecule has 7 N–H and O–H groups in total. The highest BCUT2D eigenvalue weighted by Gasteiger charge is 2.18. The van der Waals surface area contributed by atoms with E-state index in [4.69, 9.17) is 37.3 Å². The monoisotopic (exact) mass is 575 g/mol. The number of methoxy groups -OCH3 is 1. The van der Waals surface area contributed by atoms with Gasteiger partial charge in [0.2, 0.25) is 10.0 Å². The lowest BCUT2D eigenvalue weighted by molar-refractivity contribution is -0.139. The average molecular weight is 576 g/mol. The summed E-state index contributed by atoms with van der Waals surface area (Å²) >= 11 is 6.15. The van der Waals surface area contributed by atoms with Crippen molar-refractivity contribution in [1.82, 2.24) is 0 Å². The Hall–Kier alpha value is -4.49. The highest BCUT2D eigenvalue weighted by atomic mass is 35.5. The maximum absolute atomic E-state index is 13.1. The van der Waals surface area contributed by atoms with Crippen molar-refractivity contribution in [2.24, 2.45) is 5.73 Å². The van der Waals surface area contributed by atoms with Crippen LogP contribution >= 0.6 is 11.6 Å². The van der Waals surface area contributed by atoms with Gasteiger partial charge in [0.15, 0.2) is 18.1 Å². The molecule has 0 heterocycles. The van der Waals surface area contributed by atoms with Gasteiger partial charge in [-0.1, -0.05) is 11.6 Å². The molecule has 12 nitrogen and oxygen atoms in total. The van der Waals surface area contributed by atoms with Gasteiger partial charge in [-0.3, -0.25) is 14.9 Å². The Balaban J connectivity index is 1.92. The summed E-state index contributed by atoms with van der Waals surface area (Å²) in [5.41, 5.74) is 7.52. The van der Waals surface area contributed by atoms with E-state index >= 15 is 0 Å². The summed E-state index contributed by atoms with van der Waals surface area (Å²) in [5.74, 6) is -1.62. The van der Waals surface area contributed by atoms with Crippen molar-refractivity contribution in [3.63, 3.8) is 0 Å². The van der Waals surface area contributed by atoms with Crippen LogP contribution in [0.4, 0.5) is 17.1 Å². The molecule has 3 rings (SSSR count). The highest BCUT2D eigenvalue weighted by Crippen LogP contribution is 2.36. The van der Waals surface area contributed by atoms with Gasteiger partial charge in [-0.2, -0.15) is 0 Å². The number of hydrogen-bond acceptors (Lipinski definition) is 8. The summed E-state index contributed by atoms with van der Waals surface area (Å²) < 4.78 is 36.7. The molecule has 0 radical (unpaired) electrons. The second-order valence-electron chi connectivity index (χ2n) is 8.21. The number of carboxylic acids is 1. The number of nitrogens with one attached hydrogen (secondary N) is 4. The van der Waals surface area contributed by atoms with Gasteiger partial charge in [0, 0.05) is 40.1 Å². The van der Waals surface area contributed by atoms with E-state index in [2.05, 4.69) is 15.4 Å². The maximum Gasteiger partial charge on any atom is 0.341 e. The van der Waals surface area contributed by atoms with Crippen molar-refractivity contribution in [2.45, 2.75) is 6.54 Å². The fraction of sp³-hybridized carbons (Fsp3) is 0.160. The molecule has 0 saturated carbocycles. The Labute approximate surface area is 229 Å². The topological polar surface area (TPSA) is 193 Å². The van der Waals surface area contributed by atoms with Gasteiger partial charge < -0.3 is 30.9 Å². The summed E-state index contributed by atoms with van der Waals surface area (Å²) in [5, 5.41) is 22.7. The third-order valence-electron chi connectivity index (χ3n) is 5.14.